The molecule has 190 valence electrons. The van der Waals surface area contributed by atoms with Crippen molar-refractivity contribution in [2.75, 3.05) is 0 Å². The fourth-order valence-corrected chi connectivity index (χ4v) is 6.42. The van der Waals surface area contributed by atoms with E-state index in [4.69, 9.17) is 9.97 Å². The molecule has 0 aliphatic carbocycles. The van der Waals surface area contributed by atoms with Gasteiger partial charge in [0.2, 0.25) is 0 Å². The predicted molar refractivity (Wildman–Crippen MR) is 167 cm³/mol. The molecule has 0 N–H and O–H groups in total. The molecule has 8 aromatic rings. The number of pyridine rings is 1. The summed E-state index contributed by atoms with van der Waals surface area (Å²) in [6.07, 6.45) is 1.97. The van der Waals surface area contributed by atoms with E-state index in [1.807, 2.05) is 12.3 Å². The van der Waals surface area contributed by atoms with E-state index in [1.54, 1.807) is 11.3 Å². The second kappa shape index (κ2) is 9.04. The van der Waals surface area contributed by atoms with E-state index < -0.39 is 0 Å². The van der Waals surface area contributed by atoms with Gasteiger partial charge < -0.3 is 9.13 Å². The standard InChI is InChI=1S/C35H24N4S/c1-38-33-12-5-3-10-31(33)37-35(38)24-13-15-29-28-9-2-4-11-32(28)39(34(29)20-24)27-8-6-7-23(19-27)30-16-14-25(21-36-30)26-17-18-40-22-26/h2-22H,1H3. The summed E-state index contributed by atoms with van der Waals surface area (Å²) in [6.45, 7) is 0. The summed E-state index contributed by atoms with van der Waals surface area (Å²) in [7, 11) is 2.09. The van der Waals surface area contributed by atoms with Crippen LogP contribution < -0.4 is 0 Å². The molecular formula is C35H24N4S. The Morgan fingerprint density at radius 1 is 0.625 bits per heavy atom. The fraction of sp³-hybridized carbons (Fsp3) is 0.0286. The van der Waals surface area contributed by atoms with Crippen molar-refractivity contribution in [3.8, 4) is 39.5 Å². The predicted octanol–water partition coefficient (Wildman–Crippen LogP) is 9.13. The monoisotopic (exact) mass is 532 g/mol. The average molecular weight is 533 g/mol. The maximum atomic E-state index is 4.97. The van der Waals surface area contributed by atoms with E-state index in [2.05, 4.69) is 130 Å². The van der Waals surface area contributed by atoms with Crippen LogP contribution >= 0.6 is 11.3 Å². The summed E-state index contributed by atoms with van der Waals surface area (Å²) in [5, 5.41) is 6.71. The van der Waals surface area contributed by atoms with Gasteiger partial charge in [0.15, 0.2) is 0 Å². The maximum absolute atomic E-state index is 4.97. The van der Waals surface area contributed by atoms with Crippen LogP contribution in [-0.4, -0.2) is 19.1 Å². The maximum Gasteiger partial charge on any atom is 0.140 e. The van der Waals surface area contributed by atoms with Crippen molar-refractivity contribution in [3.63, 3.8) is 0 Å². The molecule has 5 heteroatoms. The first-order valence-corrected chi connectivity index (χ1v) is 14.2. The highest BCUT2D eigenvalue weighted by Crippen LogP contribution is 2.36. The highest BCUT2D eigenvalue weighted by molar-refractivity contribution is 7.08. The van der Waals surface area contributed by atoms with E-state index in [0.717, 1.165) is 50.4 Å². The molecule has 0 aliphatic rings. The largest absolute Gasteiger partial charge is 0.327 e. The first-order valence-electron chi connectivity index (χ1n) is 13.3. The number of hydrogen-bond acceptors (Lipinski definition) is 3. The minimum Gasteiger partial charge on any atom is -0.327 e. The van der Waals surface area contributed by atoms with Crippen molar-refractivity contribution in [3.05, 3.63) is 126 Å². The second-order valence-corrected chi connectivity index (χ2v) is 10.8. The minimum atomic E-state index is 0.960. The summed E-state index contributed by atoms with van der Waals surface area (Å²) >= 11 is 1.70. The molecule has 0 amide bonds. The molecule has 0 unspecified atom stereocenters. The van der Waals surface area contributed by atoms with E-state index in [9.17, 15) is 0 Å². The van der Waals surface area contributed by atoms with E-state index in [1.165, 1.54) is 21.9 Å². The normalized spacial score (nSPS) is 11.6. The van der Waals surface area contributed by atoms with Gasteiger partial charge in [0.05, 0.1) is 27.8 Å². The van der Waals surface area contributed by atoms with Gasteiger partial charge in [-0.2, -0.15) is 11.3 Å². The number of benzene rings is 4. The number of hydrogen-bond donors (Lipinski definition) is 0. The van der Waals surface area contributed by atoms with Gasteiger partial charge in [0.1, 0.15) is 5.82 Å². The topological polar surface area (TPSA) is 35.6 Å². The van der Waals surface area contributed by atoms with E-state index >= 15 is 0 Å². The zero-order valence-corrected chi connectivity index (χ0v) is 22.6. The van der Waals surface area contributed by atoms with Crippen LogP contribution in [0.2, 0.25) is 0 Å². The smallest absolute Gasteiger partial charge is 0.140 e. The molecular weight excluding hydrogens is 508 g/mol. The van der Waals surface area contributed by atoms with Crippen LogP contribution in [0.1, 0.15) is 0 Å². The van der Waals surface area contributed by atoms with Gasteiger partial charge in [-0.1, -0.05) is 60.7 Å². The summed E-state index contributed by atoms with van der Waals surface area (Å²) < 4.78 is 4.54. The number of fused-ring (bicyclic) bond motifs is 4. The number of aryl methyl sites for hydroxylation is 1. The SMILES string of the molecule is Cn1c(-c2ccc3c4ccccc4n(-c4cccc(-c5ccc(-c6ccsc6)cn5)c4)c3c2)nc2ccccc21. The highest BCUT2D eigenvalue weighted by atomic mass is 32.1. The molecule has 0 radical (unpaired) electrons. The summed E-state index contributed by atoms with van der Waals surface area (Å²) in [6, 6.07) is 38.7. The van der Waals surface area contributed by atoms with Crippen LogP contribution in [0.25, 0.3) is 72.3 Å². The summed E-state index contributed by atoms with van der Waals surface area (Å²) in [5.41, 5.74) is 11.1. The molecule has 4 aromatic heterocycles. The molecule has 4 heterocycles. The van der Waals surface area contributed by atoms with Crippen molar-refractivity contribution in [2.24, 2.45) is 7.05 Å². The Balaban J connectivity index is 1.30. The molecule has 8 rings (SSSR count). The Hall–Kier alpha value is -5.00. The van der Waals surface area contributed by atoms with Crippen molar-refractivity contribution >= 4 is 44.2 Å². The minimum absolute atomic E-state index is 0.960. The number of thiophene rings is 1. The molecule has 4 nitrogen and oxygen atoms in total. The van der Waals surface area contributed by atoms with Gasteiger partial charge in [-0.15, -0.1) is 0 Å². The molecule has 40 heavy (non-hydrogen) atoms. The summed E-state index contributed by atoms with van der Waals surface area (Å²) in [4.78, 5) is 9.79. The van der Waals surface area contributed by atoms with Gasteiger partial charge in [-0.3, -0.25) is 4.98 Å². The molecule has 0 fully saturated rings. The van der Waals surface area contributed by atoms with Crippen LogP contribution in [0, 0.1) is 0 Å². The van der Waals surface area contributed by atoms with Crippen LogP contribution in [0.15, 0.2) is 126 Å². The summed E-state index contributed by atoms with van der Waals surface area (Å²) in [5.74, 6) is 0.962. The lowest BCUT2D eigenvalue weighted by atomic mass is 10.1. The zero-order valence-electron chi connectivity index (χ0n) is 21.8. The number of rotatable bonds is 4. The number of nitrogens with zero attached hydrogens (tertiary/aromatic N) is 4. The van der Waals surface area contributed by atoms with Crippen LogP contribution in [0.3, 0.4) is 0 Å². The van der Waals surface area contributed by atoms with Crippen LogP contribution in [0.4, 0.5) is 0 Å². The lowest BCUT2D eigenvalue weighted by Crippen LogP contribution is -1.96. The van der Waals surface area contributed by atoms with E-state index in [0.29, 0.717) is 0 Å². The first-order chi connectivity index (χ1) is 19.7. The zero-order chi connectivity index (χ0) is 26.6. The second-order valence-electron chi connectivity index (χ2n) is 10.1. The molecule has 4 aromatic carbocycles. The lowest BCUT2D eigenvalue weighted by Gasteiger charge is -2.11. The van der Waals surface area contributed by atoms with Gasteiger partial charge in [0.25, 0.3) is 0 Å². The Kier molecular flexibility index (Phi) is 5.18. The van der Waals surface area contributed by atoms with Crippen molar-refractivity contribution in [2.45, 2.75) is 0 Å². The van der Waals surface area contributed by atoms with Crippen molar-refractivity contribution in [1.82, 2.24) is 19.1 Å². The first kappa shape index (κ1) is 22.9. The molecule has 0 saturated heterocycles. The fourth-order valence-electron chi connectivity index (χ4n) is 5.76. The van der Waals surface area contributed by atoms with Gasteiger partial charge in [-0.05, 0) is 64.9 Å². The lowest BCUT2D eigenvalue weighted by molar-refractivity contribution is 0.959. The molecule has 0 atom stereocenters. The number of imidazole rings is 1. The van der Waals surface area contributed by atoms with Crippen LogP contribution in [0.5, 0.6) is 0 Å². The molecule has 0 aliphatic heterocycles. The van der Waals surface area contributed by atoms with E-state index in [-0.39, 0.29) is 0 Å². The Morgan fingerprint density at radius 3 is 2.27 bits per heavy atom. The number of para-hydroxylation sites is 3. The van der Waals surface area contributed by atoms with Gasteiger partial charge >= 0.3 is 0 Å². The average Bonchev–Trinajstić information content (AvgIpc) is 3.74. The Labute approximate surface area is 235 Å². The quantitative estimate of drug-likeness (QED) is 0.227. The molecule has 0 spiro atoms. The Bertz CT molecular complexity index is 2170. The van der Waals surface area contributed by atoms with Gasteiger partial charge in [0, 0.05) is 46.4 Å². The third-order valence-electron chi connectivity index (χ3n) is 7.74. The Morgan fingerprint density at radius 2 is 1.45 bits per heavy atom. The molecule has 0 bridgehead atoms. The van der Waals surface area contributed by atoms with Crippen LogP contribution in [-0.2, 0) is 7.05 Å². The highest BCUT2D eigenvalue weighted by Gasteiger charge is 2.16. The van der Waals surface area contributed by atoms with Crippen molar-refractivity contribution < 1.29 is 0 Å². The van der Waals surface area contributed by atoms with Gasteiger partial charge in [-0.25, -0.2) is 4.98 Å². The number of aromatic nitrogens is 4. The molecule has 0 saturated carbocycles. The third kappa shape index (κ3) is 3.59. The van der Waals surface area contributed by atoms with Crippen molar-refractivity contribution in [1.29, 1.82) is 0 Å². The third-order valence-corrected chi connectivity index (χ3v) is 8.42.